The second-order valence-electron chi connectivity index (χ2n) is 4.08. The van der Waals surface area contributed by atoms with Crippen LogP contribution in [0.4, 0.5) is 4.39 Å². The van der Waals surface area contributed by atoms with Gasteiger partial charge in [-0.1, -0.05) is 15.9 Å². The molecule has 0 aliphatic heterocycles. The van der Waals surface area contributed by atoms with Gasteiger partial charge in [0, 0.05) is 22.0 Å². The van der Waals surface area contributed by atoms with Gasteiger partial charge in [-0.25, -0.2) is 4.39 Å². The summed E-state index contributed by atoms with van der Waals surface area (Å²) in [5.41, 5.74) is 5.91. The van der Waals surface area contributed by atoms with Crippen molar-refractivity contribution in [2.24, 2.45) is 5.73 Å². The smallest absolute Gasteiger partial charge is 0.196 e. The first-order valence-electron chi connectivity index (χ1n) is 5.01. The molecule has 1 aromatic carbocycles. The Morgan fingerprint density at radius 3 is 2.69 bits per heavy atom. The SMILES string of the molecule is COc1c(O)cc(Br)c(C2(CN)CC2)c1F. The Morgan fingerprint density at radius 1 is 1.62 bits per heavy atom. The van der Waals surface area contributed by atoms with Crippen LogP contribution in [0.25, 0.3) is 0 Å². The van der Waals surface area contributed by atoms with Crippen molar-refractivity contribution < 1.29 is 14.2 Å². The van der Waals surface area contributed by atoms with E-state index in [4.69, 9.17) is 10.5 Å². The van der Waals surface area contributed by atoms with Gasteiger partial charge in [-0.3, -0.25) is 0 Å². The fourth-order valence-electron chi connectivity index (χ4n) is 1.98. The molecule has 0 saturated heterocycles. The van der Waals surface area contributed by atoms with Crippen LogP contribution in [-0.4, -0.2) is 18.8 Å². The maximum atomic E-state index is 14.1. The molecule has 3 nitrogen and oxygen atoms in total. The summed E-state index contributed by atoms with van der Waals surface area (Å²) in [6.07, 6.45) is 1.74. The zero-order valence-corrected chi connectivity index (χ0v) is 10.5. The number of hydrogen-bond acceptors (Lipinski definition) is 3. The Balaban J connectivity index is 2.61. The molecule has 1 aliphatic rings. The van der Waals surface area contributed by atoms with Gasteiger partial charge in [0.2, 0.25) is 0 Å². The van der Waals surface area contributed by atoms with Crippen LogP contribution < -0.4 is 10.5 Å². The Morgan fingerprint density at radius 2 is 2.25 bits per heavy atom. The summed E-state index contributed by atoms with van der Waals surface area (Å²) in [5, 5.41) is 9.53. The number of phenols is 1. The molecule has 2 rings (SSSR count). The van der Waals surface area contributed by atoms with E-state index in [1.807, 2.05) is 0 Å². The third-order valence-corrected chi connectivity index (χ3v) is 3.76. The molecule has 88 valence electrons. The normalized spacial score (nSPS) is 17.2. The molecule has 0 radical (unpaired) electrons. The molecule has 0 amide bonds. The molecule has 0 bridgehead atoms. The number of nitrogens with two attached hydrogens (primary N) is 1. The van der Waals surface area contributed by atoms with Crippen LogP contribution in [0.3, 0.4) is 0 Å². The lowest BCUT2D eigenvalue weighted by atomic mass is 9.95. The molecule has 3 N–H and O–H groups in total. The number of aromatic hydroxyl groups is 1. The van der Waals surface area contributed by atoms with Gasteiger partial charge in [0.1, 0.15) is 0 Å². The van der Waals surface area contributed by atoms with E-state index >= 15 is 0 Å². The topological polar surface area (TPSA) is 55.5 Å². The summed E-state index contributed by atoms with van der Waals surface area (Å²) in [6, 6.07) is 1.45. The molecular formula is C11H13BrFNO2. The summed E-state index contributed by atoms with van der Waals surface area (Å²) >= 11 is 3.27. The third kappa shape index (κ3) is 1.58. The fourth-order valence-corrected chi connectivity index (χ4v) is 2.79. The lowest BCUT2D eigenvalue weighted by molar-refractivity contribution is 0.347. The van der Waals surface area contributed by atoms with Crippen molar-refractivity contribution in [3.8, 4) is 11.5 Å². The van der Waals surface area contributed by atoms with Crippen molar-refractivity contribution in [2.45, 2.75) is 18.3 Å². The second-order valence-corrected chi connectivity index (χ2v) is 4.94. The van der Waals surface area contributed by atoms with E-state index in [0.29, 0.717) is 16.6 Å². The minimum Gasteiger partial charge on any atom is -0.504 e. The van der Waals surface area contributed by atoms with E-state index in [0.717, 1.165) is 12.8 Å². The molecule has 16 heavy (non-hydrogen) atoms. The second kappa shape index (κ2) is 3.89. The van der Waals surface area contributed by atoms with Crippen molar-refractivity contribution >= 4 is 15.9 Å². The zero-order valence-electron chi connectivity index (χ0n) is 8.89. The summed E-state index contributed by atoms with van der Waals surface area (Å²) in [7, 11) is 1.33. The number of phenolic OH excluding ortho intramolecular Hbond substituents is 1. The third-order valence-electron chi connectivity index (χ3n) is 3.13. The number of benzene rings is 1. The first-order valence-corrected chi connectivity index (χ1v) is 5.80. The zero-order chi connectivity index (χ0) is 11.9. The van der Waals surface area contributed by atoms with Crippen LogP contribution in [0.1, 0.15) is 18.4 Å². The van der Waals surface area contributed by atoms with E-state index in [1.54, 1.807) is 0 Å². The average Bonchev–Trinajstić information content (AvgIpc) is 2.98. The van der Waals surface area contributed by atoms with Gasteiger partial charge in [-0.2, -0.15) is 0 Å². The fraction of sp³-hybridized carbons (Fsp3) is 0.455. The molecular weight excluding hydrogens is 277 g/mol. The monoisotopic (exact) mass is 289 g/mol. The van der Waals surface area contributed by atoms with Crippen molar-refractivity contribution in [3.63, 3.8) is 0 Å². The first kappa shape index (κ1) is 11.7. The van der Waals surface area contributed by atoms with Crippen molar-refractivity contribution in [1.82, 2.24) is 0 Å². The van der Waals surface area contributed by atoms with Crippen molar-refractivity contribution in [1.29, 1.82) is 0 Å². The Hall–Kier alpha value is -0.810. The lowest BCUT2D eigenvalue weighted by Gasteiger charge is -2.18. The van der Waals surface area contributed by atoms with E-state index in [-0.39, 0.29) is 16.9 Å². The average molecular weight is 290 g/mol. The minimum absolute atomic E-state index is 0.113. The van der Waals surface area contributed by atoms with E-state index in [1.165, 1.54) is 13.2 Å². The standard InChI is InChI=1S/C11H13BrFNO2/c1-16-10-7(15)4-6(12)8(9(10)13)11(5-14)2-3-11/h4,15H,2-3,5,14H2,1H3. The molecule has 0 heterocycles. The summed E-state index contributed by atoms with van der Waals surface area (Å²) in [4.78, 5) is 0. The predicted octanol–water partition coefficient (Wildman–Crippen LogP) is 2.29. The van der Waals surface area contributed by atoms with Gasteiger partial charge in [-0.05, 0) is 18.9 Å². The Labute approximate surface area is 102 Å². The van der Waals surface area contributed by atoms with Gasteiger partial charge in [0.05, 0.1) is 7.11 Å². The highest BCUT2D eigenvalue weighted by Gasteiger charge is 2.47. The summed E-state index contributed by atoms with van der Waals surface area (Å²) in [6.45, 7) is 0.399. The Bertz CT molecular complexity index is 432. The van der Waals surface area contributed by atoms with E-state index in [9.17, 15) is 9.50 Å². The van der Waals surface area contributed by atoms with Gasteiger partial charge >= 0.3 is 0 Å². The van der Waals surface area contributed by atoms with Gasteiger partial charge in [0.15, 0.2) is 17.3 Å². The van der Waals surface area contributed by atoms with Crippen LogP contribution in [0.15, 0.2) is 10.5 Å². The van der Waals surface area contributed by atoms with E-state index < -0.39 is 5.82 Å². The molecule has 5 heteroatoms. The van der Waals surface area contributed by atoms with E-state index in [2.05, 4.69) is 15.9 Å². The summed E-state index contributed by atoms with van der Waals surface area (Å²) < 4.78 is 19.5. The van der Waals surface area contributed by atoms with Gasteiger partial charge in [0.25, 0.3) is 0 Å². The van der Waals surface area contributed by atoms with Gasteiger partial charge in [-0.15, -0.1) is 0 Å². The predicted molar refractivity (Wildman–Crippen MR) is 62.3 cm³/mol. The molecule has 1 fully saturated rings. The van der Waals surface area contributed by atoms with Crippen LogP contribution in [-0.2, 0) is 5.41 Å². The number of halogens is 2. The van der Waals surface area contributed by atoms with Crippen molar-refractivity contribution in [3.05, 3.63) is 21.9 Å². The highest BCUT2D eigenvalue weighted by Crippen LogP contribution is 2.53. The van der Waals surface area contributed by atoms with Crippen LogP contribution in [0.5, 0.6) is 11.5 Å². The molecule has 0 spiro atoms. The molecule has 1 saturated carbocycles. The van der Waals surface area contributed by atoms with Crippen LogP contribution >= 0.6 is 15.9 Å². The molecule has 0 atom stereocenters. The maximum Gasteiger partial charge on any atom is 0.196 e. The van der Waals surface area contributed by atoms with Crippen LogP contribution in [0, 0.1) is 5.82 Å². The lowest BCUT2D eigenvalue weighted by Crippen LogP contribution is -2.22. The molecule has 1 aliphatic carbocycles. The Kier molecular flexibility index (Phi) is 2.84. The maximum absolute atomic E-state index is 14.1. The molecule has 1 aromatic rings. The first-order chi connectivity index (χ1) is 7.55. The van der Waals surface area contributed by atoms with Crippen LogP contribution in [0.2, 0.25) is 0 Å². The molecule has 0 unspecified atom stereocenters. The molecule has 0 aromatic heterocycles. The number of ether oxygens (including phenoxy) is 1. The summed E-state index contributed by atoms with van der Waals surface area (Å²) in [5.74, 6) is -0.835. The number of hydrogen-bond donors (Lipinski definition) is 2. The number of methoxy groups -OCH3 is 1. The van der Waals surface area contributed by atoms with Crippen molar-refractivity contribution in [2.75, 3.05) is 13.7 Å². The largest absolute Gasteiger partial charge is 0.504 e. The quantitative estimate of drug-likeness (QED) is 0.898. The minimum atomic E-state index is -0.516. The number of rotatable bonds is 3. The van der Waals surface area contributed by atoms with Gasteiger partial charge < -0.3 is 15.6 Å². The highest BCUT2D eigenvalue weighted by molar-refractivity contribution is 9.10. The highest BCUT2D eigenvalue weighted by atomic mass is 79.9.